The molecule has 6 aromatic carbocycles. The maximum absolute atomic E-state index is 6.56. The number of furan rings is 1. The van der Waals surface area contributed by atoms with Crippen LogP contribution < -0.4 is 0 Å². The van der Waals surface area contributed by atoms with Gasteiger partial charge in [-0.1, -0.05) is 103 Å². The molecule has 9 aromatic rings. The molecule has 0 radical (unpaired) electrons. The standard InChI is InChI=1S/C40H24N4O/c1-2-11-27(12-3-1)38-42-39(31-19-17-26-10-5-7-14-29(26)24-31)44-40(43-38)33-21-20-32(30-18-16-25-9-4-6-13-28(25)23-30)37-35(33)36-34(45-37)15-8-22-41-36/h1-24H. The smallest absolute Gasteiger partial charge is 0.164 e. The summed E-state index contributed by atoms with van der Waals surface area (Å²) in [5, 5.41) is 5.55. The number of aromatic nitrogens is 4. The predicted molar refractivity (Wildman–Crippen MR) is 182 cm³/mol. The van der Waals surface area contributed by atoms with Gasteiger partial charge in [-0.25, -0.2) is 15.0 Å². The summed E-state index contributed by atoms with van der Waals surface area (Å²) in [7, 11) is 0. The maximum atomic E-state index is 6.56. The Bertz CT molecular complexity index is 2550. The Morgan fingerprint density at radius 1 is 0.422 bits per heavy atom. The fourth-order valence-electron chi connectivity index (χ4n) is 6.14. The lowest BCUT2D eigenvalue weighted by Gasteiger charge is -2.11. The molecular weight excluding hydrogens is 552 g/mol. The van der Waals surface area contributed by atoms with Gasteiger partial charge in [0.05, 0.1) is 5.39 Å². The summed E-state index contributed by atoms with van der Waals surface area (Å²) >= 11 is 0. The highest BCUT2D eigenvalue weighted by atomic mass is 16.3. The minimum atomic E-state index is 0.565. The maximum Gasteiger partial charge on any atom is 0.164 e. The van der Waals surface area contributed by atoms with Gasteiger partial charge in [-0.3, -0.25) is 4.98 Å². The minimum absolute atomic E-state index is 0.565. The Morgan fingerprint density at radius 3 is 1.78 bits per heavy atom. The Morgan fingerprint density at radius 2 is 1.02 bits per heavy atom. The Hall–Kier alpha value is -6.20. The van der Waals surface area contributed by atoms with E-state index >= 15 is 0 Å². The quantitative estimate of drug-likeness (QED) is 0.209. The lowest BCUT2D eigenvalue weighted by Crippen LogP contribution is -2.00. The van der Waals surface area contributed by atoms with Crippen LogP contribution in [0.15, 0.2) is 150 Å². The first-order chi connectivity index (χ1) is 22.3. The second-order valence-electron chi connectivity index (χ2n) is 11.1. The Labute approximate surface area is 258 Å². The van der Waals surface area contributed by atoms with Crippen molar-refractivity contribution in [3.63, 3.8) is 0 Å². The van der Waals surface area contributed by atoms with Crippen LogP contribution in [-0.2, 0) is 0 Å². The molecule has 3 aromatic heterocycles. The minimum Gasteiger partial charge on any atom is -0.454 e. The van der Waals surface area contributed by atoms with Crippen LogP contribution in [0, 0.1) is 0 Å². The molecule has 3 heterocycles. The highest BCUT2D eigenvalue weighted by Gasteiger charge is 2.21. The molecule has 5 heteroatoms. The number of rotatable bonds is 4. The van der Waals surface area contributed by atoms with Gasteiger partial charge in [-0.15, -0.1) is 0 Å². The third kappa shape index (κ3) is 4.33. The molecule has 0 amide bonds. The molecule has 210 valence electrons. The summed E-state index contributed by atoms with van der Waals surface area (Å²) in [6.45, 7) is 0. The van der Waals surface area contributed by atoms with E-state index in [0.717, 1.165) is 49.7 Å². The van der Waals surface area contributed by atoms with Gasteiger partial charge in [0, 0.05) is 28.5 Å². The topological polar surface area (TPSA) is 64.7 Å². The fraction of sp³-hybridized carbons (Fsp3) is 0. The van der Waals surface area contributed by atoms with Crippen molar-refractivity contribution in [1.82, 2.24) is 19.9 Å². The summed E-state index contributed by atoms with van der Waals surface area (Å²) in [5.41, 5.74) is 7.00. The summed E-state index contributed by atoms with van der Waals surface area (Å²) in [5.74, 6) is 1.78. The number of hydrogen-bond donors (Lipinski definition) is 0. The van der Waals surface area contributed by atoms with Gasteiger partial charge in [0.2, 0.25) is 0 Å². The molecule has 0 aliphatic rings. The van der Waals surface area contributed by atoms with E-state index in [2.05, 4.69) is 84.9 Å². The zero-order valence-electron chi connectivity index (χ0n) is 24.1. The third-order valence-corrected chi connectivity index (χ3v) is 8.35. The second-order valence-corrected chi connectivity index (χ2v) is 11.1. The molecule has 0 atom stereocenters. The van der Waals surface area contributed by atoms with Crippen LogP contribution in [0.5, 0.6) is 0 Å². The number of benzene rings is 6. The first-order valence-corrected chi connectivity index (χ1v) is 14.9. The average Bonchev–Trinajstić information content (AvgIpc) is 3.51. The van der Waals surface area contributed by atoms with Gasteiger partial charge in [-0.05, 0) is 63.5 Å². The second kappa shape index (κ2) is 10.2. The SMILES string of the molecule is c1ccc(-c2nc(-c3ccc4ccccc4c3)nc(-c3ccc(-c4ccc5ccccc5c4)c4oc5cccnc5c34)n2)cc1. The molecule has 0 bridgehead atoms. The van der Waals surface area contributed by atoms with Crippen molar-refractivity contribution in [2.24, 2.45) is 0 Å². The lowest BCUT2D eigenvalue weighted by molar-refractivity contribution is 0.669. The molecule has 0 saturated heterocycles. The van der Waals surface area contributed by atoms with E-state index in [1.165, 1.54) is 16.2 Å². The molecule has 0 fully saturated rings. The van der Waals surface area contributed by atoms with Crippen molar-refractivity contribution in [2.45, 2.75) is 0 Å². The van der Waals surface area contributed by atoms with Gasteiger partial charge < -0.3 is 4.42 Å². The van der Waals surface area contributed by atoms with Crippen LogP contribution in [-0.4, -0.2) is 19.9 Å². The summed E-state index contributed by atoms with van der Waals surface area (Å²) in [6, 6.07) is 47.6. The lowest BCUT2D eigenvalue weighted by atomic mass is 9.97. The molecule has 0 aliphatic carbocycles. The summed E-state index contributed by atoms with van der Waals surface area (Å²) in [6.07, 6.45) is 1.80. The van der Waals surface area contributed by atoms with Crippen LogP contribution in [0.2, 0.25) is 0 Å². The van der Waals surface area contributed by atoms with Crippen molar-refractivity contribution >= 4 is 43.6 Å². The molecule has 9 rings (SSSR count). The Kier molecular flexibility index (Phi) is 5.74. The van der Waals surface area contributed by atoms with Crippen molar-refractivity contribution in [2.75, 3.05) is 0 Å². The molecular formula is C40H24N4O. The van der Waals surface area contributed by atoms with Crippen LogP contribution in [0.3, 0.4) is 0 Å². The van der Waals surface area contributed by atoms with Crippen molar-refractivity contribution in [3.05, 3.63) is 146 Å². The molecule has 5 nitrogen and oxygen atoms in total. The number of hydrogen-bond acceptors (Lipinski definition) is 5. The van der Waals surface area contributed by atoms with Gasteiger partial charge >= 0.3 is 0 Å². The highest BCUT2D eigenvalue weighted by molar-refractivity contribution is 6.14. The van der Waals surface area contributed by atoms with Crippen LogP contribution in [0.1, 0.15) is 0 Å². The van der Waals surface area contributed by atoms with Crippen molar-refractivity contribution < 1.29 is 4.42 Å². The number of nitrogens with zero attached hydrogens (tertiary/aromatic N) is 4. The Balaban J connectivity index is 1.31. The number of fused-ring (bicyclic) bond motifs is 5. The summed E-state index contributed by atoms with van der Waals surface area (Å²) < 4.78 is 6.56. The van der Waals surface area contributed by atoms with E-state index < -0.39 is 0 Å². The first kappa shape index (κ1) is 25.3. The van der Waals surface area contributed by atoms with E-state index in [0.29, 0.717) is 23.1 Å². The zero-order valence-corrected chi connectivity index (χ0v) is 24.1. The van der Waals surface area contributed by atoms with Gasteiger partial charge in [0.1, 0.15) is 11.1 Å². The highest BCUT2D eigenvalue weighted by Crippen LogP contribution is 2.41. The van der Waals surface area contributed by atoms with Gasteiger partial charge in [0.25, 0.3) is 0 Å². The van der Waals surface area contributed by atoms with E-state index in [1.54, 1.807) is 6.20 Å². The normalized spacial score (nSPS) is 11.6. The number of pyridine rings is 1. The molecule has 0 spiro atoms. The molecule has 0 N–H and O–H groups in total. The van der Waals surface area contributed by atoms with Crippen molar-refractivity contribution in [3.8, 4) is 45.3 Å². The van der Waals surface area contributed by atoms with Crippen LogP contribution in [0.4, 0.5) is 0 Å². The zero-order chi connectivity index (χ0) is 29.7. The van der Waals surface area contributed by atoms with Crippen molar-refractivity contribution in [1.29, 1.82) is 0 Å². The molecule has 0 saturated carbocycles. The monoisotopic (exact) mass is 576 g/mol. The average molecular weight is 577 g/mol. The van der Waals surface area contributed by atoms with E-state index in [9.17, 15) is 0 Å². The molecule has 45 heavy (non-hydrogen) atoms. The van der Waals surface area contributed by atoms with E-state index in [4.69, 9.17) is 24.4 Å². The van der Waals surface area contributed by atoms with Crippen LogP contribution >= 0.6 is 0 Å². The van der Waals surface area contributed by atoms with Gasteiger partial charge in [0.15, 0.2) is 23.1 Å². The van der Waals surface area contributed by atoms with E-state index in [1.807, 2.05) is 54.6 Å². The molecule has 0 unspecified atom stereocenters. The predicted octanol–water partition coefficient (Wildman–Crippen LogP) is 10.1. The first-order valence-electron chi connectivity index (χ1n) is 14.9. The molecule has 0 aliphatic heterocycles. The van der Waals surface area contributed by atoms with Gasteiger partial charge in [-0.2, -0.15) is 0 Å². The van der Waals surface area contributed by atoms with Crippen LogP contribution in [0.25, 0.3) is 88.9 Å². The summed E-state index contributed by atoms with van der Waals surface area (Å²) in [4.78, 5) is 19.9. The fourth-order valence-corrected chi connectivity index (χ4v) is 6.14. The largest absolute Gasteiger partial charge is 0.454 e. The third-order valence-electron chi connectivity index (χ3n) is 8.35. The van der Waals surface area contributed by atoms with E-state index in [-0.39, 0.29) is 0 Å².